The van der Waals surface area contributed by atoms with Crippen LogP contribution >= 0.6 is 0 Å². The van der Waals surface area contributed by atoms with Gasteiger partial charge in [-0.1, -0.05) is 36.4 Å². The van der Waals surface area contributed by atoms with Crippen molar-refractivity contribution in [3.05, 3.63) is 59.7 Å². The van der Waals surface area contributed by atoms with Crippen LogP contribution in [0.4, 0.5) is 5.69 Å². The van der Waals surface area contributed by atoms with Crippen molar-refractivity contribution in [1.29, 1.82) is 0 Å². The zero-order chi connectivity index (χ0) is 13.7. The highest BCUT2D eigenvalue weighted by Gasteiger charge is 2.07. The Morgan fingerprint density at radius 1 is 0.947 bits per heavy atom. The number of nitrogens with two attached hydrogens (primary N) is 1. The van der Waals surface area contributed by atoms with E-state index in [9.17, 15) is 0 Å². The van der Waals surface area contributed by atoms with Crippen LogP contribution in [0.5, 0.6) is 5.75 Å². The molecule has 2 rings (SSSR count). The summed E-state index contributed by atoms with van der Waals surface area (Å²) in [5.74, 6) is 0.926. The van der Waals surface area contributed by atoms with E-state index in [2.05, 4.69) is 24.1 Å². The molecule has 2 N–H and O–H groups in total. The predicted molar refractivity (Wildman–Crippen MR) is 79.0 cm³/mol. The molecule has 0 amide bonds. The first-order valence-corrected chi connectivity index (χ1v) is 6.34. The lowest BCUT2D eigenvalue weighted by atomic mass is 10.1. The highest BCUT2D eigenvalue weighted by Crippen LogP contribution is 2.20. The minimum absolute atomic E-state index is 0.824. The quantitative estimate of drug-likeness (QED) is 0.836. The van der Waals surface area contributed by atoms with Gasteiger partial charge in [-0.15, -0.1) is 0 Å². The number of hydrogen-bond acceptors (Lipinski definition) is 3. The molecule has 0 radical (unpaired) electrons. The van der Waals surface area contributed by atoms with Crippen LogP contribution in [0.3, 0.4) is 0 Å². The summed E-state index contributed by atoms with van der Waals surface area (Å²) in [5.41, 5.74) is 9.14. The molecular weight excluding hydrogens is 236 g/mol. The van der Waals surface area contributed by atoms with Crippen LogP contribution in [0, 0.1) is 0 Å². The fraction of sp³-hybridized carbons (Fsp3) is 0.250. The minimum atomic E-state index is 0.824. The fourth-order valence-electron chi connectivity index (χ4n) is 2.15. The molecule has 0 bridgehead atoms. The average Bonchev–Trinajstić information content (AvgIpc) is 2.42. The van der Waals surface area contributed by atoms with Gasteiger partial charge in [-0.3, -0.25) is 4.90 Å². The zero-order valence-corrected chi connectivity index (χ0v) is 11.5. The van der Waals surface area contributed by atoms with Gasteiger partial charge in [0, 0.05) is 24.3 Å². The van der Waals surface area contributed by atoms with Gasteiger partial charge in [0.05, 0.1) is 7.11 Å². The van der Waals surface area contributed by atoms with Crippen LogP contribution in [0.1, 0.15) is 11.1 Å². The summed E-state index contributed by atoms with van der Waals surface area (Å²) in [5, 5.41) is 0. The van der Waals surface area contributed by atoms with E-state index in [0.717, 1.165) is 30.1 Å². The van der Waals surface area contributed by atoms with E-state index in [1.807, 2.05) is 36.4 Å². The predicted octanol–water partition coefficient (Wildman–Crippen LogP) is 2.91. The van der Waals surface area contributed by atoms with Gasteiger partial charge >= 0.3 is 0 Å². The van der Waals surface area contributed by atoms with Gasteiger partial charge in [0.2, 0.25) is 0 Å². The number of hydrogen-bond donors (Lipinski definition) is 1. The van der Waals surface area contributed by atoms with Gasteiger partial charge in [-0.25, -0.2) is 0 Å². The Kier molecular flexibility index (Phi) is 4.42. The van der Waals surface area contributed by atoms with Crippen molar-refractivity contribution >= 4 is 5.69 Å². The normalized spacial score (nSPS) is 10.7. The number of anilines is 1. The number of nitrogen functional groups attached to an aromatic ring is 1. The highest BCUT2D eigenvalue weighted by atomic mass is 16.5. The maximum Gasteiger partial charge on any atom is 0.123 e. The molecule has 0 spiro atoms. The fourth-order valence-corrected chi connectivity index (χ4v) is 2.15. The van der Waals surface area contributed by atoms with Gasteiger partial charge in [-0.05, 0) is 24.7 Å². The van der Waals surface area contributed by atoms with E-state index in [0.29, 0.717) is 0 Å². The summed E-state index contributed by atoms with van der Waals surface area (Å²) in [6, 6.07) is 16.1. The summed E-state index contributed by atoms with van der Waals surface area (Å²) in [4.78, 5) is 2.23. The molecule has 0 aliphatic rings. The van der Waals surface area contributed by atoms with Crippen LogP contribution in [-0.2, 0) is 13.1 Å². The smallest absolute Gasteiger partial charge is 0.123 e. The molecule has 0 saturated carbocycles. The van der Waals surface area contributed by atoms with Crippen molar-refractivity contribution in [2.75, 3.05) is 19.9 Å². The molecule has 3 nitrogen and oxygen atoms in total. The van der Waals surface area contributed by atoms with Gasteiger partial charge in [0.25, 0.3) is 0 Å². The number of ether oxygens (including phenoxy) is 1. The van der Waals surface area contributed by atoms with E-state index >= 15 is 0 Å². The van der Waals surface area contributed by atoms with E-state index in [1.165, 1.54) is 5.56 Å². The molecule has 0 unspecified atom stereocenters. The number of methoxy groups -OCH3 is 1. The van der Waals surface area contributed by atoms with Crippen LogP contribution in [0.2, 0.25) is 0 Å². The Morgan fingerprint density at radius 3 is 2.21 bits per heavy atom. The second-order valence-corrected chi connectivity index (χ2v) is 4.68. The number of para-hydroxylation sites is 2. The molecule has 3 heteroatoms. The molecule has 2 aromatic rings. The van der Waals surface area contributed by atoms with Gasteiger partial charge in [0.1, 0.15) is 5.75 Å². The Hall–Kier alpha value is -2.00. The summed E-state index contributed by atoms with van der Waals surface area (Å²) in [6.07, 6.45) is 0. The topological polar surface area (TPSA) is 38.5 Å². The molecule has 100 valence electrons. The third-order valence-corrected chi connectivity index (χ3v) is 3.13. The first kappa shape index (κ1) is 13.4. The van der Waals surface area contributed by atoms with E-state index in [-0.39, 0.29) is 0 Å². The van der Waals surface area contributed by atoms with E-state index in [4.69, 9.17) is 10.5 Å². The number of rotatable bonds is 5. The van der Waals surface area contributed by atoms with Crippen molar-refractivity contribution in [3.63, 3.8) is 0 Å². The molecular formula is C16H20N2O. The maximum absolute atomic E-state index is 5.97. The van der Waals surface area contributed by atoms with Crippen LogP contribution in [0.15, 0.2) is 48.5 Å². The Morgan fingerprint density at radius 2 is 1.53 bits per heavy atom. The largest absolute Gasteiger partial charge is 0.496 e. The van der Waals surface area contributed by atoms with Gasteiger partial charge in [-0.2, -0.15) is 0 Å². The zero-order valence-electron chi connectivity index (χ0n) is 11.5. The third kappa shape index (κ3) is 3.48. The van der Waals surface area contributed by atoms with Crippen molar-refractivity contribution in [2.45, 2.75) is 13.1 Å². The molecule has 19 heavy (non-hydrogen) atoms. The van der Waals surface area contributed by atoms with Crippen molar-refractivity contribution in [2.24, 2.45) is 0 Å². The van der Waals surface area contributed by atoms with Crippen molar-refractivity contribution in [3.8, 4) is 5.75 Å². The maximum atomic E-state index is 5.97. The number of nitrogens with zero attached hydrogens (tertiary/aromatic N) is 1. The Labute approximate surface area is 114 Å². The van der Waals surface area contributed by atoms with Gasteiger partial charge < -0.3 is 10.5 Å². The second kappa shape index (κ2) is 6.25. The lowest BCUT2D eigenvalue weighted by molar-refractivity contribution is 0.310. The summed E-state index contributed by atoms with van der Waals surface area (Å²) in [6.45, 7) is 1.66. The molecule has 0 aromatic heterocycles. The molecule has 0 fully saturated rings. The van der Waals surface area contributed by atoms with Crippen LogP contribution < -0.4 is 10.5 Å². The SMILES string of the molecule is COc1ccccc1CN(C)Cc1ccccc1N. The van der Waals surface area contributed by atoms with Crippen molar-refractivity contribution < 1.29 is 4.74 Å². The second-order valence-electron chi connectivity index (χ2n) is 4.68. The molecule has 0 aliphatic carbocycles. The summed E-state index contributed by atoms with van der Waals surface area (Å²) >= 11 is 0. The Balaban J connectivity index is 2.05. The monoisotopic (exact) mass is 256 g/mol. The molecule has 0 aliphatic heterocycles. The lowest BCUT2D eigenvalue weighted by Crippen LogP contribution is -2.18. The van der Waals surface area contributed by atoms with Crippen LogP contribution in [0.25, 0.3) is 0 Å². The van der Waals surface area contributed by atoms with E-state index in [1.54, 1.807) is 7.11 Å². The summed E-state index contributed by atoms with van der Waals surface area (Å²) in [7, 11) is 3.78. The first-order chi connectivity index (χ1) is 9.20. The standard InChI is InChI=1S/C16H20N2O/c1-18(11-13-7-3-5-9-15(13)17)12-14-8-4-6-10-16(14)19-2/h3-10H,11-12,17H2,1-2H3. The minimum Gasteiger partial charge on any atom is -0.496 e. The molecule has 2 aromatic carbocycles. The molecule has 0 atom stereocenters. The first-order valence-electron chi connectivity index (χ1n) is 6.34. The third-order valence-electron chi connectivity index (χ3n) is 3.13. The van der Waals surface area contributed by atoms with Gasteiger partial charge in [0.15, 0.2) is 0 Å². The lowest BCUT2D eigenvalue weighted by Gasteiger charge is -2.19. The average molecular weight is 256 g/mol. The Bertz CT molecular complexity index is 540. The number of benzene rings is 2. The van der Waals surface area contributed by atoms with Crippen molar-refractivity contribution in [1.82, 2.24) is 4.90 Å². The van der Waals surface area contributed by atoms with Crippen LogP contribution in [-0.4, -0.2) is 19.1 Å². The summed E-state index contributed by atoms with van der Waals surface area (Å²) < 4.78 is 5.37. The highest BCUT2D eigenvalue weighted by molar-refractivity contribution is 5.46. The van der Waals surface area contributed by atoms with E-state index < -0.39 is 0 Å². The molecule has 0 saturated heterocycles. The molecule has 0 heterocycles.